The highest BCUT2D eigenvalue weighted by atomic mass is 32.2. The second kappa shape index (κ2) is 6.56. The van der Waals surface area contributed by atoms with Crippen molar-refractivity contribution in [3.8, 4) is 5.75 Å². The summed E-state index contributed by atoms with van der Waals surface area (Å²) in [6, 6.07) is 7.74. The third kappa shape index (κ3) is 3.52. The van der Waals surface area contributed by atoms with E-state index < -0.39 is 15.1 Å². The molecule has 0 aliphatic carbocycles. The molecule has 6 nitrogen and oxygen atoms in total. The van der Waals surface area contributed by atoms with Gasteiger partial charge in [0.25, 0.3) is 0 Å². The zero-order valence-electron chi connectivity index (χ0n) is 13.2. The van der Waals surface area contributed by atoms with Crippen molar-refractivity contribution < 1.29 is 17.9 Å². The molecule has 1 amide bonds. The molecule has 0 saturated carbocycles. The lowest BCUT2D eigenvalue weighted by atomic mass is 10.2. The zero-order valence-corrected chi connectivity index (χ0v) is 14.0. The van der Waals surface area contributed by atoms with Crippen molar-refractivity contribution in [2.75, 3.05) is 44.4 Å². The van der Waals surface area contributed by atoms with E-state index >= 15 is 0 Å². The Morgan fingerprint density at radius 1 is 1.18 bits per heavy atom. The second-order valence-corrected chi connectivity index (χ2v) is 7.82. The van der Waals surface area contributed by atoms with E-state index in [-0.39, 0.29) is 5.91 Å². The van der Waals surface area contributed by atoms with Gasteiger partial charge in [0.15, 0.2) is 9.84 Å². The predicted molar refractivity (Wildman–Crippen MR) is 86.1 cm³/mol. The molecule has 1 aromatic carbocycles. The van der Waals surface area contributed by atoms with E-state index in [1.165, 1.54) is 6.92 Å². The standard InChI is InChI=1S/C15H22N2O4S/c1-12(22(3,19)20)15(18)17-10-8-16(9-11-17)13-6-4-5-7-14(13)21-2/h4-7,12H,8-11H2,1-3H3/t12-/m1/s1. The number of carbonyl (C=O) groups is 1. The summed E-state index contributed by atoms with van der Waals surface area (Å²) in [5.41, 5.74) is 0.994. The van der Waals surface area contributed by atoms with E-state index in [9.17, 15) is 13.2 Å². The van der Waals surface area contributed by atoms with Crippen LogP contribution in [0.1, 0.15) is 6.92 Å². The number of sulfone groups is 1. The first-order chi connectivity index (χ1) is 10.3. The van der Waals surface area contributed by atoms with Gasteiger partial charge in [-0.1, -0.05) is 12.1 Å². The van der Waals surface area contributed by atoms with E-state index in [1.54, 1.807) is 12.0 Å². The highest BCUT2D eigenvalue weighted by Gasteiger charge is 2.30. The predicted octanol–water partition coefficient (Wildman–Crippen LogP) is 0.777. The number of anilines is 1. The molecule has 0 bridgehead atoms. The van der Waals surface area contributed by atoms with Gasteiger partial charge in [-0.25, -0.2) is 8.42 Å². The van der Waals surface area contributed by atoms with Crippen LogP contribution >= 0.6 is 0 Å². The van der Waals surface area contributed by atoms with Crippen LogP contribution in [0.5, 0.6) is 5.75 Å². The van der Waals surface area contributed by atoms with Gasteiger partial charge >= 0.3 is 0 Å². The Morgan fingerprint density at radius 3 is 2.32 bits per heavy atom. The Morgan fingerprint density at radius 2 is 1.77 bits per heavy atom. The Hall–Kier alpha value is -1.76. The summed E-state index contributed by atoms with van der Waals surface area (Å²) < 4.78 is 28.4. The zero-order chi connectivity index (χ0) is 16.3. The van der Waals surface area contributed by atoms with Crippen LogP contribution in [0.25, 0.3) is 0 Å². The molecule has 122 valence electrons. The maximum atomic E-state index is 12.2. The van der Waals surface area contributed by atoms with E-state index in [0.717, 1.165) is 17.7 Å². The van der Waals surface area contributed by atoms with Crippen molar-refractivity contribution in [3.63, 3.8) is 0 Å². The Labute approximate surface area is 131 Å². The van der Waals surface area contributed by atoms with Crippen molar-refractivity contribution in [2.24, 2.45) is 0 Å². The number of benzene rings is 1. The van der Waals surface area contributed by atoms with E-state index in [1.807, 2.05) is 24.3 Å². The average Bonchev–Trinajstić information content (AvgIpc) is 2.52. The van der Waals surface area contributed by atoms with Gasteiger partial charge in [-0.2, -0.15) is 0 Å². The van der Waals surface area contributed by atoms with Crippen LogP contribution in [0.3, 0.4) is 0 Å². The number of ether oxygens (including phenoxy) is 1. The van der Waals surface area contributed by atoms with E-state index in [4.69, 9.17) is 4.74 Å². The smallest absolute Gasteiger partial charge is 0.240 e. The minimum atomic E-state index is -3.35. The topological polar surface area (TPSA) is 66.9 Å². The molecule has 0 N–H and O–H groups in total. The van der Waals surface area contributed by atoms with Gasteiger partial charge in [0, 0.05) is 32.4 Å². The molecule has 2 rings (SSSR count). The van der Waals surface area contributed by atoms with Crippen molar-refractivity contribution in [2.45, 2.75) is 12.2 Å². The molecule has 0 radical (unpaired) electrons. The summed E-state index contributed by atoms with van der Waals surface area (Å²) in [7, 11) is -1.72. The number of amides is 1. The van der Waals surface area contributed by atoms with E-state index in [2.05, 4.69) is 4.90 Å². The van der Waals surface area contributed by atoms with Crippen LogP contribution in [0, 0.1) is 0 Å². The number of nitrogens with zero attached hydrogens (tertiary/aromatic N) is 2. The molecule has 0 unspecified atom stereocenters. The number of hydrogen-bond acceptors (Lipinski definition) is 5. The van der Waals surface area contributed by atoms with Gasteiger partial charge in [0.05, 0.1) is 12.8 Å². The quantitative estimate of drug-likeness (QED) is 0.818. The SMILES string of the molecule is COc1ccccc1N1CCN(C(=O)[C@@H](C)S(C)(=O)=O)CC1. The number of carbonyl (C=O) groups excluding carboxylic acids is 1. The van der Waals surface area contributed by atoms with Crippen molar-refractivity contribution in [1.29, 1.82) is 0 Å². The lowest BCUT2D eigenvalue weighted by Crippen LogP contribution is -2.52. The number of methoxy groups -OCH3 is 1. The van der Waals surface area contributed by atoms with Crippen LogP contribution < -0.4 is 9.64 Å². The third-order valence-corrected chi connectivity index (χ3v) is 5.49. The van der Waals surface area contributed by atoms with Gasteiger partial charge in [0.1, 0.15) is 11.0 Å². The minimum absolute atomic E-state index is 0.317. The first kappa shape index (κ1) is 16.6. The summed E-state index contributed by atoms with van der Waals surface area (Å²) in [4.78, 5) is 16.0. The first-order valence-corrected chi connectivity index (χ1v) is 9.15. The van der Waals surface area contributed by atoms with Crippen LogP contribution in [-0.2, 0) is 14.6 Å². The van der Waals surface area contributed by atoms with Gasteiger partial charge in [-0.3, -0.25) is 4.79 Å². The third-order valence-electron chi connectivity index (χ3n) is 4.01. The minimum Gasteiger partial charge on any atom is -0.495 e. The molecular formula is C15H22N2O4S. The van der Waals surface area contributed by atoms with Gasteiger partial charge < -0.3 is 14.5 Å². The number of para-hydroxylation sites is 2. The molecule has 1 aliphatic heterocycles. The Bertz CT molecular complexity index is 637. The molecule has 1 atom stereocenters. The summed E-state index contributed by atoms with van der Waals surface area (Å²) in [5.74, 6) is 0.481. The van der Waals surface area contributed by atoms with Crippen molar-refractivity contribution in [3.05, 3.63) is 24.3 Å². The highest BCUT2D eigenvalue weighted by molar-refractivity contribution is 7.92. The van der Waals surface area contributed by atoms with Crippen LogP contribution in [0.15, 0.2) is 24.3 Å². The summed E-state index contributed by atoms with van der Waals surface area (Å²) in [5, 5.41) is -0.981. The fraction of sp³-hybridized carbons (Fsp3) is 0.533. The molecule has 1 aliphatic rings. The molecular weight excluding hydrogens is 304 g/mol. The molecule has 0 aromatic heterocycles. The lowest BCUT2D eigenvalue weighted by Gasteiger charge is -2.37. The average molecular weight is 326 g/mol. The summed E-state index contributed by atoms with van der Waals surface area (Å²) >= 11 is 0. The normalized spacial score (nSPS) is 17.2. The van der Waals surface area contributed by atoms with Gasteiger partial charge in [0.2, 0.25) is 5.91 Å². The van der Waals surface area contributed by atoms with Gasteiger partial charge in [-0.05, 0) is 19.1 Å². The fourth-order valence-corrected chi connectivity index (χ4v) is 3.01. The second-order valence-electron chi connectivity index (χ2n) is 5.46. The number of rotatable bonds is 4. The number of piperazine rings is 1. The Balaban J connectivity index is 2.03. The van der Waals surface area contributed by atoms with E-state index in [0.29, 0.717) is 26.2 Å². The highest BCUT2D eigenvalue weighted by Crippen LogP contribution is 2.28. The van der Waals surface area contributed by atoms with Crippen LogP contribution in [0.2, 0.25) is 0 Å². The monoisotopic (exact) mass is 326 g/mol. The maximum Gasteiger partial charge on any atom is 0.240 e. The molecule has 7 heteroatoms. The molecule has 0 spiro atoms. The molecule has 1 fully saturated rings. The van der Waals surface area contributed by atoms with Gasteiger partial charge in [-0.15, -0.1) is 0 Å². The molecule has 22 heavy (non-hydrogen) atoms. The largest absolute Gasteiger partial charge is 0.495 e. The summed E-state index contributed by atoms with van der Waals surface area (Å²) in [6.07, 6.45) is 1.10. The van der Waals surface area contributed by atoms with Crippen LogP contribution in [-0.4, -0.2) is 64.0 Å². The molecule has 1 aromatic rings. The summed E-state index contributed by atoms with van der Waals surface area (Å²) in [6.45, 7) is 3.78. The lowest BCUT2D eigenvalue weighted by molar-refractivity contribution is -0.130. The maximum absolute atomic E-state index is 12.2. The fourth-order valence-electron chi connectivity index (χ4n) is 2.50. The Kier molecular flexibility index (Phi) is 4.95. The number of hydrogen-bond donors (Lipinski definition) is 0. The van der Waals surface area contributed by atoms with Crippen molar-refractivity contribution >= 4 is 21.4 Å². The molecule has 1 saturated heterocycles. The molecule has 1 heterocycles. The first-order valence-electron chi connectivity index (χ1n) is 7.20. The van der Waals surface area contributed by atoms with Crippen LogP contribution in [0.4, 0.5) is 5.69 Å². The van der Waals surface area contributed by atoms with Crippen molar-refractivity contribution in [1.82, 2.24) is 4.90 Å².